The maximum atomic E-state index is 11.2. The third-order valence-electron chi connectivity index (χ3n) is 2.98. The molecule has 0 atom stereocenters. The first-order valence-corrected chi connectivity index (χ1v) is 5.53. The summed E-state index contributed by atoms with van der Waals surface area (Å²) in [5.41, 5.74) is 3.08. The summed E-state index contributed by atoms with van der Waals surface area (Å²) in [6, 6.07) is 3.32. The molecule has 0 aliphatic rings. The zero-order valence-corrected chi connectivity index (χ0v) is 10.4. The van der Waals surface area contributed by atoms with Crippen molar-refractivity contribution in [2.24, 2.45) is 0 Å². The summed E-state index contributed by atoms with van der Waals surface area (Å²) in [5, 5.41) is 9.18. The van der Waals surface area contributed by atoms with Crippen molar-refractivity contribution in [2.45, 2.75) is 20.8 Å². The zero-order valence-electron chi connectivity index (χ0n) is 10.4. The molecule has 0 aliphatic carbocycles. The zero-order chi connectivity index (χ0) is 13.4. The second kappa shape index (κ2) is 4.18. The van der Waals surface area contributed by atoms with Crippen LogP contribution in [-0.2, 0) is 0 Å². The third-order valence-corrected chi connectivity index (χ3v) is 2.98. The van der Waals surface area contributed by atoms with Gasteiger partial charge in [-0.05, 0) is 32.9 Å². The van der Waals surface area contributed by atoms with Gasteiger partial charge in [0.2, 0.25) is 0 Å². The average molecular weight is 246 g/mol. The lowest BCUT2D eigenvalue weighted by Crippen LogP contribution is -2.06. The van der Waals surface area contributed by atoms with Crippen LogP contribution in [0.15, 0.2) is 12.1 Å². The van der Waals surface area contributed by atoms with Gasteiger partial charge in [-0.2, -0.15) is 0 Å². The number of carboxylic acid groups (broad SMARTS) is 1. The molecule has 2 heterocycles. The summed E-state index contributed by atoms with van der Waals surface area (Å²) in [6.45, 7) is 5.42. The largest absolute Gasteiger partial charge is 0.478 e. The van der Waals surface area contributed by atoms with Crippen LogP contribution in [0.5, 0.6) is 0 Å². The molecule has 94 valence electrons. The molecule has 0 unspecified atom stereocenters. The SMILES string of the molecule is Cc1cc(C(=O)O)c(-n2c(C)cc(C=O)c2C)[nH]1. The van der Waals surface area contributed by atoms with Gasteiger partial charge in [-0.15, -0.1) is 0 Å². The van der Waals surface area contributed by atoms with E-state index in [0.29, 0.717) is 11.4 Å². The summed E-state index contributed by atoms with van der Waals surface area (Å²) < 4.78 is 1.75. The number of H-pyrrole nitrogens is 1. The van der Waals surface area contributed by atoms with Crippen LogP contribution in [0.2, 0.25) is 0 Å². The van der Waals surface area contributed by atoms with E-state index in [0.717, 1.165) is 23.4 Å². The van der Waals surface area contributed by atoms with Gasteiger partial charge in [0.25, 0.3) is 0 Å². The number of aryl methyl sites for hydroxylation is 2. The Balaban J connectivity index is 2.72. The van der Waals surface area contributed by atoms with E-state index in [1.54, 1.807) is 30.5 Å². The standard InChI is InChI=1S/C13H14N2O3/c1-7-4-11(13(17)18)12(14-7)15-8(2)5-10(6-16)9(15)3/h4-6,14H,1-3H3,(H,17,18). The number of carbonyl (C=O) groups excluding carboxylic acids is 1. The van der Waals surface area contributed by atoms with E-state index in [-0.39, 0.29) is 5.56 Å². The fourth-order valence-electron chi connectivity index (χ4n) is 2.17. The number of nitrogens with one attached hydrogen (secondary N) is 1. The summed E-state index contributed by atoms with van der Waals surface area (Å²) in [7, 11) is 0. The summed E-state index contributed by atoms with van der Waals surface area (Å²) in [6.07, 6.45) is 0.773. The van der Waals surface area contributed by atoms with Crippen LogP contribution in [0.1, 0.15) is 37.8 Å². The van der Waals surface area contributed by atoms with Gasteiger partial charge in [0, 0.05) is 22.6 Å². The van der Waals surface area contributed by atoms with Crippen molar-refractivity contribution in [3.05, 3.63) is 40.3 Å². The predicted octanol–water partition coefficient (Wildman–Crippen LogP) is 2.24. The van der Waals surface area contributed by atoms with Crippen molar-refractivity contribution in [1.29, 1.82) is 0 Å². The van der Waals surface area contributed by atoms with Crippen LogP contribution in [0, 0.1) is 20.8 Å². The molecule has 5 nitrogen and oxygen atoms in total. The molecule has 0 spiro atoms. The van der Waals surface area contributed by atoms with E-state index in [9.17, 15) is 14.7 Å². The number of hydrogen-bond donors (Lipinski definition) is 2. The van der Waals surface area contributed by atoms with Gasteiger partial charge in [0.1, 0.15) is 11.4 Å². The summed E-state index contributed by atoms with van der Waals surface area (Å²) in [5.74, 6) is -0.502. The number of aromatic nitrogens is 2. The maximum Gasteiger partial charge on any atom is 0.339 e. The molecular formula is C13H14N2O3. The number of hydrogen-bond acceptors (Lipinski definition) is 2. The van der Waals surface area contributed by atoms with Crippen molar-refractivity contribution >= 4 is 12.3 Å². The van der Waals surface area contributed by atoms with Crippen LogP contribution in [0.3, 0.4) is 0 Å². The van der Waals surface area contributed by atoms with Gasteiger partial charge in [-0.3, -0.25) is 4.79 Å². The van der Waals surface area contributed by atoms with E-state index in [4.69, 9.17) is 0 Å². The Labute approximate surface area is 104 Å². The van der Waals surface area contributed by atoms with Crippen molar-refractivity contribution in [2.75, 3.05) is 0 Å². The van der Waals surface area contributed by atoms with Crippen LogP contribution in [0.25, 0.3) is 5.82 Å². The summed E-state index contributed by atoms with van der Waals surface area (Å²) in [4.78, 5) is 25.1. The molecule has 0 aliphatic heterocycles. The number of aldehydes is 1. The van der Waals surface area contributed by atoms with E-state index < -0.39 is 5.97 Å². The highest BCUT2D eigenvalue weighted by Gasteiger charge is 2.18. The quantitative estimate of drug-likeness (QED) is 0.815. The molecule has 5 heteroatoms. The van der Waals surface area contributed by atoms with Gasteiger partial charge in [-0.1, -0.05) is 0 Å². The average Bonchev–Trinajstić information content (AvgIpc) is 2.79. The molecule has 0 amide bonds. The molecule has 2 rings (SSSR count). The molecule has 0 bridgehead atoms. The Bertz CT molecular complexity index is 635. The minimum absolute atomic E-state index is 0.201. The van der Waals surface area contributed by atoms with Gasteiger partial charge >= 0.3 is 5.97 Å². The number of nitrogens with zero attached hydrogens (tertiary/aromatic N) is 1. The molecule has 0 fully saturated rings. The van der Waals surface area contributed by atoms with E-state index in [1.165, 1.54) is 0 Å². The molecule has 2 aromatic rings. The first-order valence-electron chi connectivity index (χ1n) is 5.53. The highest BCUT2D eigenvalue weighted by atomic mass is 16.4. The third kappa shape index (κ3) is 1.73. The van der Waals surface area contributed by atoms with Crippen molar-refractivity contribution < 1.29 is 14.7 Å². The van der Waals surface area contributed by atoms with Gasteiger partial charge in [0.05, 0.1) is 0 Å². The predicted molar refractivity (Wildman–Crippen MR) is 66.7 cm³/mol. The Kier molecular flexibility index (Phi) is 2.82. The van der Waals surface area contributed by atoms with Crippen LogP contribution >= 0.6 is 0 Å². The highest BCUT2D eigenvalue weighted by molar-refractivity contribution is 5.92. The molecule has 2 aromatic heterocycles. The number of rotatable bonds is 3. The van der Waals surface area contributed by atoms with Crippen LogP contribution in [0.4, 0.5) is 0 Å². The van der Waals surface area contributed by atoms with E-state index in [2.05, 4.69) is 4.98 Å². The fraction of sp³-hybridized carbons (Fsp3) is 0.231. The Hall–Kier alpha value is -2.30. The molecule has 0 aromatic carbocycles. The first-order chi connectivity index (χ1) is 8.45. The Morgan fingerprint density at radius 2 is 2.00 bits per heavy atom. The van der Waals surface area contributed by atoms with Crippen LogP contribution in [-0.4, -0.2) is 26.9 Å². The number of aromatic carboxylic acids is 1. The van der Waals surface area contributed by atoms with Crippen molar-refractivity contribution in [3.63, 3.8) is 0 Å². The molecule has 0 saturated carbocycles. The van der Waals surface area contributed by atoms with Crippen LogP contribution < -0.4 is 0 Å². The summed E-state index contributed by atoms with van der Waals surface area (Å²) >= 11 is 0. The first kappa shape index (κ1) is 12.2. The second-order valence-corrected chi connectivity index (χ2v) is 4.30. The number of carboxylic acids is 1. The van der Waals surface area contributed by atoms with Crippen molar-refractivity contribution in [3.8, 4) is 5.82 Å². The van der Waals surface area contributed by atoms with E-state index in [1.807, 2.05) is 6.92 Å². The fourth-order valence-corrected chi connectivity index (χ4v) is 2.17. The Morgan fingerprint density at radius 1 is 1.33 bits per heavy atom. The maximum absolute atomic E-state index is 11.2. The number of aromatic amines is 1. The lowest BCUT2D eigenvalue weighted by Gasteiger charge is -2.08. The monoisotopic (exact) mass is 246 g/mol. The number of carbonyl (C=O) groups is 2. The topological polar surface area (TPSA) is 75.1 Å². The highest BCUT2D eigenvalue weighted by Crippen LogP contribution is 2.22. The minimum atomic E-state index is -0.991. The second-order valence-electron chi connectivity index (χ2n) is 4.30. The minimum Gasteiger partial charge on any atom is -0.478 e. The smallest absolute Gasteiger partial charge is 0.339 e. The molecule has 0 saturated heterocycles. The molecule has 0 radical (unpaired) electrons. The molecular weight excluding hydrogens is 232 g/mol. The lowest BCUT2D eigenvalue weighted by atomic mass is 10.2. The van der Waals surface area contributed by atoms with E-state index >= 15 is 0 Å². The molecule has 2 N–H and O–H groups in total. The van der Waals surface area contributed by atoms with Gasteiger partial charge < -0.3 is 14.7 Å². The van der Waals surface area contributed by atoms with Crippen molar-refractivity contribution in [1.82, 2.24) is 9.55 Å². The Morgan fingerprint density at radius 3 is 2.50 bits per heavy atom. The normalized spacial score (nSPS) is 10.6. The molecule has 18 heavy (non-hydrogen) atoms. The lowest BCUT2D eigenvalue weighted by molar-refractivity contribution is 0.0697. The van der Waals surface area contributed by atoms with Gasteiger partial charge in [0.15, 0.2) is 6.29 Å². The van der Waals surface area contributed by atoms with Gasteiger partial charge in [-0.25, -0.2) is 4.79 Å².